The van der Waals surface area contributed by atoms with E-state index in [1.165, 1.54) is 32.4 Å². The average molecular weight is 286 g/mol. The van der Waals surface area contributed by atoms with Gasteiger partial charge in [-0.2, -0.15) is 0 Å². The van der Waals surface area contributed by atoms with Gasteiger partial charge in [0.1, 0.15) is 5.69 Å². The second-order valence-corrected chi connectivity index (χ2v) is 4.38. The van der Waals surface area contributed by atoms with E-state index in [0.717, 1.165) is 0 Å². The van der Waals surface area contributed by atoms with Gasteiger partial charge in [0.15, 0.2) is 5.78 Å². The molecule has 0 aliphatic heterocycles. The number of ether oxygens (including phenoxy) is 1. The molecule has 2 aromatic rings. The molecule has 21 heavy (non-hydrogen) atoms. The minimum absolute atomic E-state index is 0.127. The minimum atomic E-state index is -0.482. The first-order valence-electron chi connectivity index (χ1n) is 6.20. The number of amides is 1. The van der Waals surface area contributed by atoms with Crippen molar-refractivity contribution in [2.45, 2.75) is 6.92 Å². The van der Waals surface area contributed by atoms with Crippen LogP contribution in [-0.4, -0.2) is 29.8 Å². The second kappa shape index (κ2) is 6.04. The van der Waals surface area contributed by atoms with Crippen molar-refractivity contribution in [1.82, 2.24) is 4.98 Å². The molecular formula is C15H14N2O4. The Labute approximate surface area is 121 Å². The van der Waals surface area contributed by atoms with Crippen molar-refractivity contribution in [3.8, 4) is 0 Å². The number of carbonyl (C=O) groups is 3. The number of methoxy groups -OCH3 is 1. The summed E-state index contributed by atoms with van der Waals surface area (Å²) in [5, 5.41) is 2.64. The van der Waals surface area contributed by atoms with E-state index in [0.29, 0.717) is 16.8 Å². The minimum Gasteiger partial charge on any atom is -0.465 e. The molecule has 6 heteroatoms. The van der Waals surface area contributed by atoms with Crippen LogP contribution in [0.1, 0.15) is 38.1 Å². The van der Waals surface area contributed by atoms with Gasteiger partial charge in [0.2, 0.25) is 0 Å². The normalized spacial score (nSPS) is 10.0. The average Bonchev–Trinajstić information content (AvgIpc) is 2.97. The van der Waals surface area contributed by atoms with Crippen molar-refractivity contribution >= 4 is 23.3 Å². The van der Waals surface area contributed by atoms with E-state index in [9.17, 15) is 14.4 Å². The standard InChI is InChI=1S/C15H14N2O4/c1-9(18)11-7-13(16-8-11)14(19)17-12-5-3-4-10(6-12)15(20)21-2/h3-8,16H,1-2H3,(H,17,19). The van der Waals surface area contributed by atoms with Crippen LogP contribution >= 0.6 is 0 Å². The van der Waals surface area contributed by atoms with Gasteiger partial charge >= 0.3 is 5.97 Å². The van der Waals surface area contributed by atoms with Crippen molar-refractivity contribution in [1.29, 1.82) is 0 Å². The number of nitrogens with one attached hydrogen (secondary N) is 2. The Kier molecular flexibility index (Phi) is 4.18. The molecule has 0 spiro atoms. The lowest BCUT2D eigenvalue weighted by Gasteiger charge is -2.05. The fourth-order valence-corrected chi connectivity index (χ4v) is 1.77. The molecule has 0 bridgehead atoms. The van der Waals surface area contributed by atoms with Crippen LogP contribution in [0.3, 0.4) is 0 Å². The van der Waals surface area contributed by atoms with Crippen LogP contribution in [0, 0.1) is 0 Å². The SMILES string of the molecule is COC(=O)c1cccc(NC(=O)c2cc(C(C)=O)c[nH]2)c1. The molecule has 0 fully saturated rings. The van der Waals surface area contributed by atoms with E-state index >= 15 is 0 Å². The molecule has 2 rings (SSSR count). The van der Waals surface area contributed by atoms with Crippen LogP contribution in [0.15, 0.2) is 36.5 Å². The number of aromatic nitrogens is 1. The van der Waals surface area contributed by atoms with E-state index in [-0.39, 0.29) is 11.5 Å². The van der Waals surface area contributed by atoms with Crippen LogP contribution in [0.2, 0.25) is 0 Å². The topological polar surface area (TPSA) is 88.3 Å². The Hall–Kier alpha value is -2.89. The van der Waals surface area contributed by atoms with Gasteiger partial charge in [-0.1, -0.05) is 6.07 Å². The highest BCUT2D eigenvalue weighted by molar-refractivity contribution is 6.05. The number of hydrogen-bond donors (Lipinski definition) is 2. The third kappa shape index (κ3) is 3.36. The molecule has 1 amide bonds. The zero-order chi connectivity index (χ0) is 15.4. The van der Waals surface area contributed by atoms with E-state index in [1.807, 2.05) is 0 Å². The molecule has 1 heterocycles. The molecule has 0 radical (unpaired) electrons. The summed E-state index contributed by atoms with van der Waals surface area (Å²) in [4.78, 5) is 37.4. The lowest BCUT2D eigenvalue weighted by Crippen LogP contribution is -2.13. The van der Waals surface area contributed by atoms with Gasteiger partial charge in [0, 0.05) is 17.4 Å². The largest absolute Gasteiger partial charge is 0.465 e. The Balaban J connectivity index is 2.15. The lowest BCUT2D eigenvalue weighted by atomic mass is 10.2. The highest BCUT2D eigenvalue weighted by atomic mass is 16.5. The van der Waals surface area contributed by atoms with E-state index in [1.54, 1.807) is 18.2 Å². The molecule has 108 valence electrons. The zero-order valence-electron chi connectivity index (χ0n) is 11.6. The summed E-state index contributed by atoms with van der Waals surface area (Å²) in [6, 6.07) is 7.86. The summed E-state index contributed by atoms with van der Waals surface area (Å²) >= 11 is 0. The first kappa shape index (κ1) is 14.5. The highest BCUT2D eigenvalue weighted by Gasteiger charge is 2.12. The molecular weight excluding hydrogens is 272 g/mol. The number of H-pyrrole nitrogens is 1. The van der Waals surface area contributed by atoms with Crippen LogP contribution < -0.4 is 5.32 Å². The molecule has 0 aliphatic rings. The molecule has 0 saturated heterocycles. The Morgan fingerprint density at radius 3 is 2.52 bits per heavy atom. The summed E-state index contributed by atoms with van der Waals surface area (Å²) in [6.45, 7) is 1.42. The highest BCUT2D eigenvalue weighted by Crippen LogP contribution is 2.13. The second-order valence-electron chi connectivity index (χ2n) is 4.38. The Morgan fingerprint density at radius 2 is 1.90 bits per heavy atom. The first-order chi connectivity index (χ1) is 10.0. The van der Waals surface area contributed by atoms with Gasteiger partial charge in [0.25, 0.3) is 5.91 Å². The van der Waals surface area contributed by atoms with E-state index < -0.39 is 11.9 Å². The summed E-state index contributed by atoms with van der Waals surface area (Å²) in [5.41, 5.74) is 1.50. The van der Waals surface area contributed by atoms with Gasteiger partial charge in [0.05, 0.1) is 12.7 Å². The maximum Gasteiger partial charge on any atom is 0.337 e. The lowest BCUT2D eigenvalue weighted by molar-refractivity contribution is 0.0600. The molecule has 6 nitrogen and oxygen atoms in total. The maximum atomic E-state index is 12.0. The Morgan fingerprint density at radius 1 is 1.14 bits per heavy atom. The Bertz CT molecular complexity index is 703. The van der Waals surface area contributed by atoms with Crippen LogP contribution in [0.25, 0.3) is 0 Å². The van der Waals surface area contributed by atoms with Crippen molar-refractivity contribution in [2.24, 2.45) is 0 Å². The van der Waals surface area contributed by atoms with Gasteiger partial charge in [-0.15, -0.1) is 0 Å². The smallest absolute Gasteiger partial charge is 0.337 e. The zero-order valence-corrected chi connectivity index (χ0v) is 11.6. The van der Waals surface area contributed by atoms with Crippen LogP contribution in [-0.2, 0) is 4.74 Å². The van der Waals surface area contributed by atoms with E-state index in [2.05, 4.69) is 15.0 Å². The molecule has 0 unspecified atom stereocenters. The van der Waals surface area contributed by atoms with Crippen LogP contribution in [0.5, 0.6) is 0 Å². The fourth-order valence-electron chi connectivity index (χ4n) is 1.77. The number of benzene rings is 1. The molecule has 0 atom stereocenters. The number of esters is 1. The summed E-state index contributed by atoms with van der Waals surface area (Å²) in [6.07, 6.45) is 1.47. The summed E-state index contributed by atoms with van der Waals surface area (Å²) < 4.78 is 4.62. The predicted octanol–water partition coefficient (Wildman–Crippen LogP) is 2.26. The molecule has 0 saturated carbocycles. The number of Topliss-reactive ketones (excluding diaryl/α,β-unsaturated/α-hetero) is 1. The first-order valence-corrected chi connectivity index (χ1v) is 6.20. The van der Waals surface area contributed by atoms with Gasteiger partial charge in [-0.3, -0.25) is 9.59 Å². The van der Waals surface area contributed by atoms with Crippen molar-refractivity contribution < 1.29 is 19.1 Å². The van der Waals surface area contributed by atoms with Crippen molar-refractivity contribution in [2.75, 3.05) is 12.4 Å². The maximum absolute atomic E-state index is 12.0. The molecule has 0 aliphatic carbocycles. The quantitative estimate of drug-likeness (QED) is 0.666. The van der Waals surface area contributed by atoms with Crippen LogP contribution in [0.4, 0.5) is 5.69 Å². The fraction of sp³-hybridized carbons (Fsp3) is 0.133. The number of carbonyl (C=O) groups excluding carboxylic acids is 3. The third-order valence-corrected chi connectivity index (χ3v) is 2.88. The summed E-state index contributed by atoms with van der Waals surface area (Å²) in [5.74, 6) is -1.01. The monoisotopic (exact) mass is 286 g/mol. The number of hydrogen-bond acceptors (Lipinski definition) is 4. The summed E-state index contributed by atoms with van der Waals surface area (Å²) in [7, 11) is 1.29. The van der Waals surface area contributed by atoms with Gasteiger partial charge < -0.3 is 15.0 Å². The van der Waals surface area contributed by atoms with Crippen molar-refractivity contribution in [3.05, 3.63) is 53.3 Å². The molecule has 1 aromatic heterocycles. The third-order valence-electron chi connectivity index (χ3n) is 2.88. The molecule has 1 aromatic carbocycles. The van der Waals surface area contributed by atoms with Gasteiger partial charge in [-0.25, -0.2) is 4.79 Å². The predicted molar refractivity (Wildman–Crippen MR) is 76.5 cm³/mol. The molecule has 2 N–H and O–H groups in total. The van der Waals surface area contributed by atoms with Gasteiger partial charge in [-0.05, 0) is 31.2 Å². The number of ketones is 1. The number of rotatable bonds is 4. The number of aromatic amines is 1. The number of anilines is 1. The van der Waals surface area contributed by atoms with E-state index in [4.69, 9.17) is 0 Å². The van der Waals surface area contributed by atoms with Crippen molar-refractivity contribution in [3.63, 3.8) is 0 Å².